The number of hydrazine groups is 1. The molecule has 104 valence electrons. The van der Waals surface area contributed by atoms with Crippen molar-refractivity contribution in [2.75, 3.05) is 35.9 Å². The summed E-state index contributed by atoms with van der Waals surface area (Å²) < 4.78 is 24.2. The largest absolute Gasteiger partial charge is 0.356 e. The van der Waals surface area contributed by atoms with Gasteiger partial charge in [0.05, 0.1) is 11.9 Å². The number of nitrogen functional groups attached to an aromatic ring is 1. The van der Waals surface area contributed by atoms with Crippen LogP contribution in [-0.2, 0) is 9.84 Å². The number of nitrogens with two attached hydrogens (primary N) is 1. The molecule has 0 aliphatic rings. The smallest absolute Gasteiger partial charge is 0.180 e. The van der Waals surface area contributed by atoms with Gasteiger partial charge in [0.15, 0.2) is 17.3 Å². The zero-order valence-corrected chi connectivity index (χ0v) is 11.6. The molecule has 9 heteroatoms. The van der Waals surface area contributed by atoms with E-state index < -0.39 is 9.84 Å². The van der Waals surface area contributed by atoms with Crippen molar-refractivity contribution in [1.29, 1.82) is 0 Å². The van der Waals surface area contributed by atoms with Gasteiger partial charge in [0.1, 0.15) is 9.84 Å². The second-order valence-corrected chi connectivity index (χ2v) is 6.56. The van der Waals surface area contributed by atoms with Crippen molar-refractivity contribution >= 4 is 27.1 Å². The highest BCUT2D eigenvalue weighted by Crippen LogP contribution is 2.19. The Labute approximate surface area is 111 Å². The summed E-state index contributed by atoms with van der Waals surface area (Å²) in [6.07, 6.45) is 6.32. The molecule has 0 aromatic carbocycles. The number of anilines is 2. The molecule has 0 saturated heterocycles. The molecule has 2 aromatic heterocycles. The number of imidazole rings is 1. The van der Waals surface area contributed by atoms with Crippen LogP contribution in [0.1, 0.15) is 0 Å². The van der Waals surface area contributed by atoms with Crippen LogP contribution in [0.2, 0.25) is 0 Å². The van der Waals surface area contributed by atoms with Gasteiger partial charge in [-0.25, -0.2) is 24.2 Å². The number of fused-ring (bicyclic) bond motifs is 1. The van der Waals surface area contributed by atoms with Crippen molar-refractivity contribution in [3.8, 4) is 0 Å². The average Bonchev–Trinajstić information content (AvgIpc) is 2.81. The van der Waals surface area contributed by atoms with Gasteiger partial charge in [0.25, 0.3) is 0 Å². The molecule has 2 aromatic rings. The van der Waals surface area contributed by atoms with Gasteiger partial charge >= 0.3 is 0 Å². The van der Waals surface area contributed by atoms with Crippen molar-refractivity contribution in [2.24, 2.45) is 5.84 Å². The van der Waals surface area contributed by atoms with Gasteiger partial charge in [-0.3, -0.25) is 0 Å². The molecule has 0 atom stereocenters. The number of sulfone groups is 1. The zero-order chi connectivity index (χ0) is 14.0. The Kier molecular flexibility index (Phi) is 3.58. The Balaban J connectivity index is 2.34. The number of nitrogens with one attached hydrogen (secondary N) is 1. The molecule has 8 nitrogen and oxygen atoms in total. The van der Waals surface area contributed by atoms with Crippen LogP contribution in [0.4, 0.5) is 11.6 Å². The highest BCUT2D eigenvalue weighted by Gasteiger charge is 2.13. The van der Waals surface area contributed by atoms with Gasteiger partial charge in [0.2, 0.25) is 0 Å². The SMILES string of the molecule is CN(CCS(C)(=O)=O)c1nc(NN)cn2ccnc12. The first-order valence-corrected chi connectivity index (χ1v) is 7.66. The van der Waals surface area contributed by atoms with E-state index in [1.54, 1.807) is 34.9 Å². The topological polar surface area (TPSA) is 106 Å². The van der Waals surface area contributed by atoms with Gasteiger partial charge in [-0.1, -0.05) is 0 Å². The lowest BCUT2D eigenvalue weighted by atomic mass is 10.5. The van der Waals surface area contributed by atoms with Crippen LogP contribution in [0, 0.1) is 0 Å². The van der Waals surface area contributed by atoms with Gasteiger partial charge in [0, 0.05) is 32.2 Å². The maximum atomic E-state index is 11.2. The highest BCUT2D eigenvalue weighted by molar-refractivity contribution is 7.90. The maximum Gasteiger partial charge on any atom is 0.180 e. The van der Waals surface area contributed by atoms with E-state index in [0.29, 0.717) is 23.8 Å². The van der Waals surface area contributed by atoms with Crippen LogP contribution in [0.3, 0.4) is 0 Å². The molecule has 0 bridgehead atoms. The molecule has 0 aliphatic heterocycles. The third kappa shape index (κ3) is 3.12. The van der Waals surface area contributed by atoms with Crippen LogP contribution in [0.15, 0.2) is 18.6 Å². The second kappa shape index (κ2) is 5.02. The van der Waals surface area contributed by atoms with Crippen molar-refractivity contribution in [2.45, 2.75) is 0 Å². The maximum absolute atomic E-state index is 11.2. The van der Waals surface area contributed by atoms with Crippen molar-refractivity contribution in [1.82, 2.24) is 14.4 Å². The first-order valence-electron chi connectivity index (χ1n) is 5.60. The summed E-state index contributed by atoms with van der Waals surface area (Å²) in [6, 6.07) is 0. The third-order valence-electron chi connectivity index (χ3n) is 2.66. The van der Waals surface area contributed by atoms with Crippen molar-refractivity contribution < 1.29 is 8.42 Å². The van der Waals surface area contributed by atoms with E-state index in [4.69, 9.17) is 5.84 Å². The fraction of sp³-hybridized carbons (Fsp3) is 0.400. The predicted octanol–water partition coefficient (Wildman–Crippen LogP) is -0.504. The molecule has 3 N–H and O–H groups in total. The Morgan fingerprint density at radius 1 is 1.53 bits per heavy atom. The highest BCUT2D eigenvalue weighted by atomic mass is 32.2. The molecule has 2 rings (SSSR count). The van der Waals surface area contributed by atoms with E-state index in [-0.39, 0.29) is 5.75 Å². The number of hydrogen-bond donors (Lipinski definition) is 2. The molecule has 0 saturated carbocycles. The van der Waals surface area contributed by atoms with Gasteiger partial charge in [-0.15, -0.1) is 0 Å². The molecule has 0 unspecified atom stereocenters. The zero-order valence-electron chi connectivity index (χ0n) is 10.7. The van der Waals surface area contributed by atoms with Crippen molar-refractivity contribution in [3.63, 3.8) is 0 Å². The summed E-state index contributed by atoms with van der Waals surface area (Å²) >= 11 is 0. The number of aromatic nitrogens is 3. The molecule has 19 heavy (non-hydrogen) atoms. The fourth-order valence-electron chi connectivity index (χ4n) is 1.65. The third-order valence-corrected chi connectivity index (χ3v) is 3.59. The lowest BCUT2D eigenvalue weighted by molar-refractivity contribution is 0.601. The summed E-state index contributed by atoms with van der Waals surface area (Å²) in [5, 5.41) is 0. The molecule has 2 heterocycles. The van der Waals surface area contributed by atoms with Crippen LogP contribution in [0.25, 0.3) is 5.65 Å². The summed E-state index contributed by atoms with van der Waals surface area (Å²) in [5.74, 6) is 6.47. The van der Waals surface area contributed by atoms with Crippen LogP contribution < -0.4 is 16.2 Å². The van der Waals surface area contributed by atoms with Crippen LogP contribution >= 0.6 is 0 Å². The molecular formula is C10H16N6O2S. The Morgan fingerprint density at radius 3 is 2.89 bits per heavy atom. The first kappa shape index (κ1) is 13.6. The minimum atomic E-state index is -3.02. The van der Waals surface area contributed by atoms with Crippen LogP contribution in [-0.4, -0.2) is 48.4 Å². The molecule has 0 aliphatic carbocycles. The van der Waals surface area contributed by atoms with Crippen molar-refractivity contribution in [3.05, 3.63) is 18.6 Å². The van der Waals surface area contributed by atoms with Gasteiger partial charge < -0.3 is 14.7 Å². The Bertz CT molecular complexity index is 680. The summed E-state index contributed by atoms with van der Waals surface area (Å²) in [5.41, 5.74) is 3.12. The van der Waals surface area contributed by atoms with E-state index in [1.165, 1.54) is 6.26 Å². The second-order valence-electron chi connectivity index (χ2n) is 4.30. The quantitative estimate of drug-likeness (QED) is 0.563. The molecule has 0 radical (unpaired) electrons. The lowest BCUT2D eigenvalue weighted by Gasteiger charge is -2.18. The number of hydrogen-bond acceptors (Lipinski definition) is 7. The standard InChI is InChI=1S/C10H16N6O2S/c1-15(5-6-19(2,17)18)10-9-12-3-4-16(9)7-8(13-10)14-11/h3-4,7,14H,5-6,11H2,1-2H3. The van der Waals surface area contributed by atoms with E-state index >= 15 is 0 Å². The van der Waals surface area contributed by atoms with Crippen LogP contribution in [0.5, 0.6) is 0 Å². The first-order chi connectivity index (χ1) is 8.90. The normalized spacial score (nSPS) is 11.7. The summed E-state index contributed by atoms with van der Waals surface area (Å²) in [6.45, 7) is 0.336. The monoisotopic (exact) mass is 284 g/mol. The minimum Gasteiger partial charge on any atom is -0.356 e. The molecular weight excluding hydrogens is 268 g/mol. The van der Waals surface area contributed by atoms with E-state index in [2.05, 4.69) is 15.4 Å². The Morgan fingerprint density at radius 2 is 2.26 bits per heavy atom. The number of nitrogens with zero attached hydrogens (tertiary/aromatic N) is 4. The lowest BCUT2D eigenvalue weighted by Crippen LogP contribution is -2.26. The minimum absolute atomic E-state index is 0.0539. The number of rotatable bonds is 5. The molecule has 0 fully saturated rings. The van der Waals surface area contributed by atoms with Gasteiger partial charge in [-0.05, 0) is 0 Å². The summed E-state index contributed by atoms with van der Waals surface area (Å²) in [7, 11) is -1.25. The molecule has 0 amide bonds. The fourth-order valence-corrected chi connectivity index (χ4v) is 2.25. The summed E-state index contributed by atoms with van der Waals surface area (Å²) in [4.78, 5) is 10.2. The van der Waals surface area contributed by atoms with E-state index in [1.807, 2.05) is 0 Å². The average molecular weight is 284 g/mol. The Hall–Kier alpha value is -1.87. The van der Waals surface area contributed by atoms with E-state index in [0.717, 1.165) is 0 Å². The van der Waals surface area contributed by atoms with E-state index in [9.17, 15) is 8.42 Å². The van der Waals surface area contributed by atoms with Gasteiger partial charge in [-0.2, -0.15) is 0 Å². The predicted molar refractivity (Wildman–Crippen MR) is 73.8 cm³/mol. The molecule has 0 spiro atoms.